The Labute approximate surface area is 186 Å². The minimum atomic E-state index is -0.983. The molecule has 0 atom stereocenters. The molecule has 0 spiro atoms. The molecular formula is C23H27N5O4. The standard InChI is InChI=1S/C23H27N5O4/c1-14-17-11-15(13-24-20(17)28(2)27-14)21(29)26-23(9-5-6-10-23)22(30)25-16-7-8-18(31-3)19(12-16)32-4/h7-8,11-13H,5-6,9-10H2,1-4H3,(H,25,30)(H,26,29). The normalized spacial score (nSPS) is 14.9. The molecule has 2 heterocycles. The van der Waals surface area contributed by atoms with Gasteiger partial charge in [0.05, 0.1) is 25.5 Å². The first-order chi connectivity index (χ1) is 15.4. The number of nitrogens with zero attached hydrogens (tertiary/aromatic N) is 3. The molecule has 168 valence electrons. The first-order valence-electron chi connectivity index (χ1n) is 10.5. The molecular weight excluding hydrogens is 410 g/mol. The van der Waals surface area contributed by atoms with Crippen LogP contribution in [0, 0.1) is 6.92 Å². The average molecular weight is 438 g/mol. The van der Waals surface area contributed by atoms with Crippen molar-refractivity contribution in [1.29, 1.82) is 0 Å². The van der Waals surface area contributed by atoms with Crippen LogP contribution in [0.1, 0.15) is 41.7 Å². The van der Waals surface area contributed by atoms with E-state index in [1.165, 1.54) is 13.3 Å². The van der Waals surface area contributed by atoms with Gasteiger partial charge in [-0.3, -0.25) is 14.3 Å². The van der Waals surface area contributed by atoms with Gasteiger partial charge in [-0.25, -0.2) is 4.98 Å². The number of benzene rings is 1. The fraction of sp³-hybridized carbons (Fsp3) is 0.391. The lowest BCUT2D eigenvalue weighted by Gasteiger charge is -2.29. The number of aromatic nitrogens is 3. The van der Waals surface area contributed by atoms with Gasteiger partial charge in [-0.15, -0.1) is 0 Å². The first kappa shape index (κ1) is 21.6. The zero-order valence-electron chi connectivity index (χ0n) is 18.7. The molecule has 0 unspecified atom stereocenters. The summed E-state index contributed by atoms with van der Waals surface area (Å²) >= 11 is 0. The fourth-order valence-corrected chi connectivity index (χ4v) is 4.27. The Kier molecular flexibility index (Phi) is 5.73. The number of fused-ring (bicyclic) bond motifs is 1. The van der Waals surface area contributed by atoms with Crippen molar-refractivity contribution in [2.45, 2.75) is 38.1 Å². The van der Waals surface area contributed by atoms with Crippen LogP contribution in [-0.2, 0) is 11.8 Å². The summed E-state index contributed by atoms with van der Waals surface area (Å²) in [4.78, 5) is 30.8. The van der Waals surface area contributed by atoms with Crippen LogP contribution in [0.2, 0.25) is 0 Å². The summed E-state index contributed by atoms with van der Waals surface area (Å²) in [6.45, 7) is 1.88. The summed E-state index contributed by atoms with van der Waals surface area (Å²) in [5, 5.41) is 11.1. The van der Waals surface area contributed by atoms with Crippen molar-refractivity contribution in [3.63, 3.8) is 0 Å². The maximum Gasteiger partial charge on any atom is 0.253 e. The highest BCUT2D eigenvalue weighted by Crippen LogP contribution is 2.34. The monoisotopic (exact) mass is 437 g/mol. The van der Waals surface area contributed by atoms with E-state index < -0.39 is 5.54 Å². The van der Waals surface area contributed by atoms with Crippen LogP contribution in [0.4, 0.5) is 5.69 Å². The minimum Gasteiger partial charge on any atom is -0.493 e. The number of ether oxygens (including phenoxy) is 2. The fourth-order valence-electron chi connectivity index (χ4n) is 4.27. The molecule has 9 nitrogen and oxygen atoms in total. The molecule has 1 aromatic carbocycles. The molecule has 2 N–H and O–H groups in total. The molecule has 3 aromatic rings. The molecule has 9 heteroatoms. The topological polar surface area (TPSA) is 107 Å². The second-order valence-corrected chi connectivity index (χ2v) is 8.07. The van der Waals surface area contributed by atoms with E-state index in [-0.39, 0.29) is 11.8 Å². The van der Waals surface area contributed by atoms with Crippen molar-refractivity contribution >= 4 is 28.5 Å². The molecule has 32 heavy (non-hydrogen) atoms. The molecule has 2 amide bonds. The highest BCUT2D eigenvalue weighted by molar-refractivity contribution is 6.04. The summed E-state index contributed by atoms with van der Waals surface area (Å²) in [7, 11) is 4.91. The van der Waals surface area contributed by atoms with Crippen LogP contribution in [0.3, 0.4) is 0 Å². The third kappa shape index (κ3) is 3.86. The van der Waals surface area contributed by atoms with E-state index in [1.54, 1.807) is 36.1 Å². The molecule has 4 rings (SSSR count). The van der Waals surface area contributed by atoms with E-state index in [9.17, 15) is 9.59 Å². The maximum atomic E-state index is 13.3. The summed E-state index contributed by atoms with van der Waals surface area (Å²) in [6.07, 6.45) is 4.38. The third-order valence-electron chi connectivity index (χ3n) is 6.01. The van der Waals surface area contributed by atoms with E-state index in [4.69, 9.17) is 9.47 Å². The van der Waals surface area contributed by atoms with Crippen molar-refractivity contribution in [3.8, 4) is 11.5 Å². The van der Waals surface area contributed by atoms with E-state index in [2.05, 4.69) is 20.7 Å². The van der Waals surface area contributed by atoms with Crippen LogP contribution in [0.5, 0.6) is 11.5 Å². The van der Waals surface area contributed by atoms with E-state index in [1.807, 2.05) is 14.0 Å². The van der Waals surface area contributed by atoms with Gasteiger partial charge >= 0.3 is 0 Å². The van der Waals surface area contributed by atoms with Crippen molar-refractivity contribution in [2.75, 3.05) is 19.5 Å². The van der Waals surface area contributed by atoms with Crippen molar-refractivity contribution in [3.05, 3.63) is 41.7 Å². The van der Waals surface area contributed by atoms with Gasteiger partial charge in [0.15, 0.2) is 17.1 Å². The smallest absolute Gasteiger partial charge is 0.253 e. The SMILES string of the molecule is COc1ccc(NC(=O)C2(NC(=O)c3cnc4c(c3)c(C)nn4C)CCCC2)cc1OC. The Morgan fingerprint density at radius 3 is 2.50 bits per heavy atom. The molecule has 0 radical (unpaired) electrons. The van der Waals surface area contributed by atoms with Crippen molar-refractivity contribution in [1.82, 2.24) is 20.1 Å². The lowest BCUT2D eigenvalue weighted by atomic mass is 9.95. The molecule has 1 saturated carbocycles. The highest BCUT2D eigenvalue weighted by Gasteiger charge is 2.42. The van der Waals surface area contributed by atoms with Crippen molar-refractivity contribution in [2.24, 2.45) is 7.05 Å². The zero-order valence-corrected chi connectivity index (χ0v) is 18.7. The average Bonchev–Trinajstić information content (AvgIpc) is 3.38. The second-order valence-electron chi connectivity index (χ2n) is 8.07. The zero-order chi connectivity index (χ0) is 22.9. The highest BCUT2D eigenvalue weighted by atomic mass is 16.5. The van der Waals surface area contributed by atoms with Gasteiger partial charge in [-0.1, -0.05) is 12.8 Å². The summed E-state index contributed by atoms with van der Waals surface area (Å²) in [6, 6.07) is 6.94. The number of anilines is 1. The van der Waals surface area contributed by atoms with Crippen LogP contribution >= 0.6 is 0 Å². The Morgan fingerprint density at radius 1 is 1.09 bits per heavy atom. The van der Waals surface area contributed by atoms with Crippen LogP contribution < -0.4 is 20.1 Å². The number of rotatable bonds is 6. The molecule has 0 bridgehead atoms. The summed E-state index contributed by atoms with van der Waals surface area (Å²) in [5.74, 6) is 0.512. The number of carbonyl (C=O) groups excluding carboxylic acids is 2. The molecule has 0 aliphatic heterocycles. The second kappa shape index (κ2) is 8.49. The summed E-state index contributed by atoms with van der Waals surface area (Å²) in [5.41, 5.74) is 1.50. The molecule has 0 saturated heterocycles. The number of nitrogens with one attached hydrogen (secondary N) is 2. The molecule has 1 aliphatic carbocycles. The maximum absolute atomic E-state index is 13.3. The van der Waals surface area contributed by atoms with E-state index >= 15 is 0 Å². The quantitative estimate of drug-likeness (QED) is 0.614. The van der Waals surface area contributed by atoms with Gasteiger partial charge in [0.2, 0.25) is 5.91 Å². The van der Waals surface area contributed by atoms with Crippen LogP contribution in [-0.4, -0.2) is 46.3 Å². The number of methoxy groups -OCH3 is 2. The third-order valence-corrected chi connectivity index (χ3v) is 6.01. The van der Waals surface area contributed by atoms with Crippen molar-refractivity contribution < 1.29 is 19.1 Å². The summed E-state index contributed by atoms with van der Waals surface area (Å²) < 4.78 is 12.3. The van der Waals surface area contributed by atoms with Gasteiger partial charge in [-0.05, 0) is 38.0 Å². The van der Waals surface area contributed by atoms with Crippen LogP contribution in [0.15, 0.2) is 30.5 Å². The molecule has 1 fully saturated rings. The lowest BCUT2D eigenvalue weighted by Crippen LogP contribution is -2.55. The van der Waals surface area contributed by atoms with E-state index in [0.29, 0.717) is 41.2 Å². The van der Waals surface area contributed by atoms with Gasteiger partial charge in [0.1, 0.15) is 5.54 Å². The first-order valence-corrected chi connectivity index (χ1v) is 10.5. The van der Waals surface area contributed by atoms with Gasteiger partial charge < -0.3 is 20.1 Å². The lowest BCUT2D eigenvalue weighted by molar-refractivity contribution is -0.122. The number of pyridine rings is 1. The van der Waals surface area contributed by atoms with Gasteiger partial charge in [-0.2, -0.15) is 5.10 Å². The molecule has 2 aromatic heterocycles. The largest absolute Gasteiger partial charge is 0.493 e. The van der Waals surface area contributed by atoms with Crippen LogP contribution in [0.25, 0.3) is 11.0 Å². The predicted molar refractivity (Wildman–Crippen MR) is 120 cm³/mol. The Morgan fingerprint density at radius 2 is 1.81 bits per heavy atom. The Bertz CT molecular complexity index is 1180. The number of aryl methyl sites for hydroxylation is 2. The Hall–Kier alpha value is -3.62. The Balaban J connectivity index is 1.56. The molecule has 1 aliphatic rings. The number of hydrogen-bond donors (Lipinski definition) is 2. The number of carbonyl (C=O) groups is 2. The van der Waals surface area contributed by atoms with E-state index in [0.717, 1.165) is 23.9 Å². The number of amides is 2. The number of hydrogen-bond acceptors (Lipinski definition) is 6. The van der Waals surface area contributed by atoms with Gasteiger partial charge in [0.25, 0.3) is 5.91 Å². The predicted octanol–water partition coefficient (Wildman–Crippen LogP) is 2.98. The minimum absolute atomic E-state index is 0.248. The van der Waals surface area contributed by atoms with Gasteiger partial charge in [0, 0.05) is 30.4 Å².